The number of nitrogens with zero attached hydrogens (tertiary/aromatic N) is 1. The number of hydrogen-bond donors (Lipinski definition) is 0. The molecule has 1 amide bonds. The van der Waals surface area contributed by atoms with E-state index in [1.807, 2.05) is 24.3 Å². The molecule has 0 unspecified atom stereocenters. The number of carbonyl (C=O) groups is 1. The Labute approximate surface area is 138 Å². The van der Waals surface area contributed by atoms with Crippen molar-refractivity contribution < 1.29 is 13.6 Å². The molecule has 1 heterocycles. The molecule has 0 spiro atoms. The Morgan fingerprint density at radius 2 is 1.81 bits per heavy atom. The minimum Gasteiger partial charge on any atom is -0.295 e. The second-order valence-corrected chi connectivity index (χ2v) is 6.89. The van der Waals surface area contributed by atoms with Gasteiger partial charge in [0.1, 0.15) is 5.37 Å². The number of rotatable bonds is 2. The van der Waals surface area contributed by atoms with E-state index in [2.05, 4.69) is 22.6 Å². The summed E-state index contributed by atoms with van der Waals surface area (Å²) >= 11 is 3.60. The van der Waals surface area contributed by atoms with Gasteiger partial charge in [0.2, 0.25) is 5.91 Å². The van der Waals surface area contributed by atoms with Crippen molar-refractivity contribution >= 4 is 45.9 Å². The second kappa shape index (κ2) is 5.92. The van der Waals surface area contributed by atoms with Crippen LogP contribution < -0.4 is 4.90 Å². The molecule has 2 nitrogen and oxygen atoms in total. The summed E-state index contributed by atoms with van der Waals surface area (Å²) in [7, 11) is 0. The first-order valence-electron chi connectivity index (χ1n) is 6.20. The Balaban J connectivity index is 1.99. The van der Waals surface area contributed by atoms with Gasteiger partial charge in [-0.2, -0.15) is 0 Å². The van der Waals surface area contributed by atoms with Crippen LogP contribution in [0, 0.1) is 15.2 Å². The third kappa shape index (κ3) is 2.91. The maximum atomic E-state index is 13.4. The quantitative estimate of drug-likeness (QED) is 0.678. The summed E-state index contributed by atoms with van der Waals surface area (Å²) < 4.78 is 27.6. The lowest BCUT2D eigenvalue weighted by Crippen LogP contribution is -2.27. The van der Waals surface area contributed by atoms with Gasteiger partial charge in [0.05, 0.1) is 5.75 Å². The smallest absolute Gasteiger partial charge is 0.238 e. The van der Waals surface area contributed by atoms with E-state index in [1.165, 1.54) is 17.8 Å². The van der Waals surface area contributed by atoms with E-state index in [0.717, 1.165) is 21.4 Å². The van der Waals surface area contributed by atoms with E-state index in [1.54, 1.807) is 4.90 Å². The molecule has 2 aromatic carbocycles. The van der Waals surface area contributed by atoms with Crippen LogP contribution in [0.4, 0.5) is 14.5 Å². The first-order valence-corrected chi connectivity index (χ1v) is 8.33. The van der Waals surface area contributed by atoms with Crippen molar-refractivity contribution in [2.24, 2.45) is 0 Å². The van der Waals surface area contributed by atoms with Crippen molar-refractivity contribution in [1.29, 1.82) is 0 Å². The highest BCUT2D eigenvalue weighted by molar-refractivity contribution is 14.1. The molecule has 0 bridgehead atoms. The van der Waals surface area contributed by atoms with Crippen LogP contribution in [0.5, 0.6) is 0 Å². The summed E-state index contributed by atoms with van der Waals surface area (Å²) in [6.45, 7) is 0. The molecule has 1 fully saturated rings. The standard InChI is InChI=1S/C15H10F2INOS/c16-12-6-1-9(7-13(12)17)15-19(14(20)8-21-15)11-4-2-10(18)3-5-11/h1-7,15H,8H2/t15-/m0/s1. The Bertz CT molecular complexity index is 693. The van der Waals surface area contributed by atoms with Gasteiger partial charge in [-0.1, -0.05) is 6.07 Å². The summed E-state index contributed by atoms with van der Waals surface area (Å²) in [5.74, 6) is -1.48. The Hall–Kier alpha value is -1.15. The molecule has 2 aromatic rings. The largest absolute Gasteiger partial charge is 0.295 e. The Morgan fingerprint density at radius 1 is 1.10 bits per heavy atom. The summed E-state index contributed by atoms with van der Waals surface area (Å²) in [6, 6.07) is 11.3. The lowest BCUT2D eigenvalue weighted by atomic mass is 10.1. The van der Waals surface area contributed by atoms with Crippen molar-refractivity contribution in [2.45, 2.75) is 5.37 Å². The molecule has 21 heavy (non-hydrogen) atoms. The molecule has 6 heteroatoms. The fraction of sp³-hybridized carbons (Fsp3) is 0.133. The van der Waals surface area contributed by atoms with Crippen molar-refractivity contribution in [3.8, 4) is 0 Å². The molecule has 0 N–H and O–H groups in total. The molecule has 3 rings (SSSR count). The van der Waals surface area contributed by atoms with Gasteiger partial charge in [-0.3, -0.25) is 9.69 Å². The number of thioether (sulfide) groups is 1. The van der Waals surface area contributed by atoms with Crippen LogP contribution >= 0.6 is 34.4 Å². The number of benzene rings is 2. The zero-order valence-corrected chi connectivity index (χ0v) is 13.7. The van der Waals surface area contributed by atoms with E-state index in [4.69, 9.17) is 0 Å². The molecule has 1 atom stereocenters. The van der Waals surface area contributed by atoms with E-state index in [-0.39, 0.29) is 11.3 Å². The van der Waals surface area contributed by atoms with E-state index >= 15 is 0 Å². The molecule has 0 aromatic heterocycles. The highest BCUT2D eigenvalue weighted by atomic mass is 127. The van der Waals surface area contributed by atoms with Gasteiger partial charge in [0.25, 0.3) is 0 Å². The van der Waals surface area contributed by atoms with E-state index < -0.39 is 11.6 Å². The van der Waals surface area contributed by atoms with Crippen molar-refractivity contribution in [3.05, 3.63) is 63.2 Å². The summed E-state index contributed by atoms with van der Waals surface area (Å²) in [5, 5.41) is -0.326. The van der Waals surface area contributed by atoms with Crippen molar-refractivity contribution in [3.63, 3.8) is 0 Å². The lowest BCUT2D eigenvalue weighted by Gasteiger charge is -2.24. The zero-order chi connectivity index (χ0) is 15.0. The third-order valence-corrected chi connectivity index (χ3v) is 5.13. The summed E-state index contributed by atoms with van der Waals surface area (Å²) in [4.78, 5) is 13.8. The van der Waals surface area contributed by atoms with Gasteiger partial charge in [-0.15, -0.1) is 11.8 Å². The molecular weight excluding hydrogens is 407 g/mol. The normalized spacial score (nSPS) is 18.3. The van der Waals surface area contributed by atoms with Crippen LogP contribution in [-0.4, -0.2) is 11.7 Å². The van der Waals surface area contributed by atoms with Gasteiger partial charge in [-0.05, 0) is 64.6 Å². The van der Waals surface area contributed by atoms with Gasteiger partial charge in [0.15, 0.2) is 11.6 Å². The van der Waals surface area contributed by atoms with Crippen LogP contribution in [-0.2, 0) is 4.79 Å². The van der Waals surface area contributed by atoms with Gasteiger partial charge in [0, 0.05) is 9.26 Å². The van der Waals surface area contributed by atoms with Crippen LogP contribution in [0.15, 0.2) is 42.5 Å². The number of amides is 1. The SMILES string of the molecule is O=C1CS[C@@H](c2ccc(F)c(F)c2)N1c1ccc(I)cc1. The monoisotopic (exact) mass is 417 g/mol. The number of hydrogen-bond acceptors (Lipinski definition) is 2. The molecular formula is C15H10F2INOS. The summed E-state index contributed by atoms with van der Waals surface area (Å²) in [6.07, 6.45) is 0. The second-order valence-electron chi connectivity index (χ2n) is 4.58. The van der Waals surface area contributed by atoms with Crippen LogP contribution in [0.3, 0.4) is 0 Å². The fourth-order valence-electron chi connectivity index (χ4n) is 2.22. The lowest BCUT2D eigenvalue weighted by molar-refractivity contribution is -0.115. The Morgan fingerprint density at radius 3 is 2.48 bits per heavy atom. The number of carbonyl (C=O) groups excluding carboxylic acids is 1. The Kier molecular flexibility index (Phi) is 4.17. The maximum Gasteiger partial charge on any atom is 0.238 e. The molecule has 1 aliphatic heterocycles. The van der Waals surface area contributed by atoms with E-state index in [0.29, 0.717) is 11.3 Å². The number of halogens is 3. The first kappa shape index (κ1) is 14.8. The van der Waals surface area contributed by atoms with Gasteiger partial charge >= 0.3 is 0 Å². The minimum atomic E-state index is -0.894. The first-order chi connectivity index (χ1) is 10.1. The molecule has 108 valence electrons. The topological polar surface area (TPSA) is 20.3 Å². The highest BCUT2D eigenvalue weighted by Gasteiger charge is 2.34. The number of anilines is 1. The molecule has 0 saturated carbocycles. The average Bonchev–Trinajstić information content (AvgIpc) is 2.85. The highest BCUT2D eigenvalue weighted by Crippen LogP contribution is 2.42. The molecule has 1 saturated heterocycles. The van der Waals surface area contributed by atoms with Gasteiger partial charge < -0.3 is 0 Å². The zero-order valence-electron chi connectivity index (χ0n) is 10.7. The van der Waals surface area contributed by atoms with Crippen molar-refractivity contribution in [2.75, 3.05) is 10.7 Å². The maximum absolute atomic E-state index is 13.4. The summed E-state index contributed by atoms with van der Waals surface area (Å²) in [5.41, 5.74) is 1.35. The van der Waals surface area contributed by atoms with E-state index in [9.17, 15) is 13.6 Å². The minimum absolute atomic E-state index is 0.0315. The van der Waals surface area contributed by atoms with Crippen LogP contribution in [0.2, 0.25) is 0 Å². The molecule has 0 radical (unpaired) electrons. The predicted molar refractivity (Wildman–Crippen MR) is 88.2 cm³/mol. The molecule has 1 aliphatic rings. The van der Waals surface area contributed by atoms with Crippen molar-refractivity contribution in [1.82, 2.24) is 0 Å². The third-order valence-electron chi connectivity index (χ3n) is 3.20. The average molecular weight is 417 g/mol. The fourth-order valence-corrected chi connectivity index (χ4v) is 3.74. The van der Waals surface area contributed by atoms with Crippen LogP contribution in [0.25, 0.3) is 0 Å². The van der Waals surface area contributed by atoms with Crippen LogP contribution in [0.1, 0.15) is 10.9 Å². The predicted octanol–water partition coefficient (Wildman–Crippen LogP) is 4.35. The molecule has 0 aliphatic carbocycles. The van der Waals surface area contributed by atoms with Gasteiger partial charge in [-0.25, -0.2) is 8.78 Å².